The van der Waals surface area contributed by atoms with Crippen LogP contribution in [0.1, 0.15) is 10.4 Å². The normalized spacial score (nSPS) is 22.8. The molecule has 1 amide bonds. The van der Waals surface area contributed by atoms with E-state index in [4.69, 9.17) is 14.2 Å². The summed E-state index contributed by atoms with van der Waals surface area (Å²) in [5.74, 6) is 0.256. The molecule has 25 heavy (non-hydrogen) atoms. The molecule has 9 heteroatoms. The van der Waals surface area contributed by atoms with Crippen molar-refractivity contribution < 1.29 is 27.4 Å². The third kappa shape index (κ3) is 3.88. The molecule has 0 aromatic heterocycles. The summed E-state index contributed by atoms with van der Waals surface area (Å²) in [4.78, 5) is 12.7. The summed E-state index contributed by atoms with van der Waals surface area (Å²) in [5, 5.41) is 2.87. The molecule has 138 valence electrons. The summed E-state index contributed by atoms with van der Waals surface area (Å²) in [6, 6.07) is 4.75. The molecule has 1 N–H and O–H groups in total. The minimum atomic E-state index is -3.37. The molecule has 8 nitrogen and oxygen atoms in total. The number of carbonyl (C=O) groups is 1. The fraction of sp³-hybridized carbons (Fsp3) is 0.562. The SMILES string of the molecule is CN(C)S(=O)(=O)C[C@@H]1COC[C@H]1NC(=O)c1cccc2c1OCCO2. The largest absolute Gasteiger partial charge is 0.486 e. The number of carbonyl (C=O) groups excluding carboxylic acids is 1. The van der Waals surface area contributed by atoms with Crippen molar-refractivity contribution in [3.8, 4) is 11.5 Å². The van der Waals surface area contributed by atoms with Crippen LogP contribution in [0, 0.1) is 5.92 Å². The minimum Gasteiger partial charge on any atom is -0.486 e. The average Bonchev–Trinajstić information content (AvgIpc) is 3.00. The van der Waals surface area contributed by atoms with Crippen LogP contribution in [0.3, 0.4) is 0 Å². The quantitative estimate of drug-likeness (QED) is 0.790. The lowest BCUT2D eigenvalue weighted by molar-refractivity contribution is 0.0915. The van der Waals surface area contributed by atoms with Crippen molar-refractivity contribution in [1.82, 2.24) is 9.62 Å². The molecular formula is C16H22N2O6S. The third-order valence-electron chi connectivity index (χ3n) is 4.31. The van der Waals surface area contributed by atoms with Crippen LogP contribution < -0.4 is 14.8 Å². The highest BCUT2D eigenvalue weighted by atomic mass is 32.2. The predicted molar refractivity (Wildman–Crippen MR) is 90.5 cm³/mol. The van der Waals surface area contributed by atoms with Gasteiger partial charge in [0, 0.05) is 20.0 Å². The molecule has 0 unspecified atom stereocenters. The number of hydrogen-bond donors (Lipinski definition) is 1. The lowest BCUT2D eigenvalue weighted by Crippen LogP contribution is -2.43. The summed E-state index contributed by atoms with van der Waals surface area (Å²) >= 11 is 0. The van der Waals surface area contributed by atoms with Gasteiger partial charge in [-0.15, -0.1) is 0 Å². The molecule has 0 saturated carbocycles. The lowest BCUT2D eigenvalue weighted by Gasteiger charge is -2.23. The highest BCUT2D eigenvalue weighted by Crippen LogP contribution is 2.33. The maximum Gasteiger partial charge on any atom is 0.255 e. The molecule has 0 aliphatic carbocycles. The zero-order chi connectivity index (χ0) is 18.0. The van der Waals surface area contributed by atoms with E-state index in [1.54, 1.807) is 18.2 Å². The number of benzene rings is 1. The Morgan fingerprint density at radius 1 is 1.24 bits per heavy atom. The van der Waals surface area contributed by atoms with Gasteiger partial charge in [-0.1, -0.05) is 6.07 Å². The first-order valence-corrected chi connectivity index (χ1v) is 9.67. The number of sulfonamides is 1. The molecule has 2 aliphatic rings. The molecular weight excluding hydrogens is 348 g/mol. The van der Waals surface area contributed by atoms with E-state index >= 15 is 0 Å². The van der Waals surface area contributed by atoms with Gasteiger partial charge in [0.2, 0.25) is 10.0 Å². The van der Waals surface area contributed by atoms with Gasteiger partial charge >= 0.3 is 0 Å². The van der Waals surface area contributed by atoms with E-state index in [9.17, 15) is 13.2 Å². The van der Waals surface area contributed by atoms with Gasteiger partial charge in [0.05, 0.1) is 30.6 Å². The first-order chi connectivity index (χ1) is 11.9. The fourth-order valence-electron chi connectivity index (χ4n) is 2.84. The van der Waals surface area contributed by atoms with Crippen molar-refractivity contribution in [1.29, 1.82) is 0 Å². The summed E-state index contributed by atoms with van der Waals surface area (Å²) in [7, 11) is -0.387. The van der Waals surface area contributed by atoms with Crippen molar-refractivity contribution in [3.63, 3.8) is 0 Å². The second-order valence-electron chi connectivity index (χ2n) is 6.27. The number of ether oxygens (including phenoxy) is 3. The maximum absolute atomic E-state index is 12.7. The predicted octanol–water partition coefficient (Wildman–Crippen LogP) is 0.0940. The minimum absolute atomic E-state index is 0.0720. The second-order valence-corrected chi connectivity index (χ2v) is 8.50. The van der Waals surface area contributed by atoms with Crippen molar-refractivity contribution >= 4 is 15.9 Å². The van der Waals surface area contributed by atoms with Crippen LogP contribution in [-0.4, -0.2) is 70.9 Å². The Balaban J connectivity index is 1.72. The standard InChI is InChI=1S/C16H22N2O6S/c1-18(2)25(20,21)10-11-8-22-9-13(11)17-16(19)12-4-3-5-14-15(12)24-7-6-23-14/h3-5,11,13H,6-10H2,1-2H3,(H,17,19)/t11-,13+/m0/s1. The number of nitrogens with zero attached hydrogens (tertiary/aromatic N) is 1. The van der Waals surface area contributed by atoms with E-state index in [1.165, 1.54) is 18.4 Å². The number of rotatable bonds is 5. The van der Waals surface area contributed by atoms with Crippen molar-refractivity contribution in [2.45, 2.75) is 6.04 Å². The van der Waals surface area contributed by atoms with Crippen molar-refractivity contribution in [2.24, 2.45) is 5.92 Å². The average molecular weight is 370 g/mol. The number of fused-ring (bicyclic) bond motifs is 1. The number of amides is 1. The summed E-state index contributed by atoms with van der Waals surface area (Å²) in [5.41, 5.74) is 0.373. The van der Waals surface area contributed by atoms with Crippen molar-refractivity contribution in [3.05, 3.63) is 23.8 Å². The topological polar surface area (TPSA) is 94.2 Å². The highest BCUT2D eigenvalue weighted by Gasteiger charge is 2.35. The molecule has 0 bridgehead atoms. The molecule has 2 heterocycles. The molecule has 1 fully saturated rings. The second kappa shape index (κ2) is 7.19. The summed E-state index contributed by atoms with van der Waals surface area (Å²) < 4.78 is 41.8. The van der Waals surface area contributed by atoms with Crippen LogP contribution in [0.15, 0.2) is 18.2 Å². The smallest absolute Gasteiger partial charge is 0.255 e. The van der Waals surface area contributed by atoms with Crippen LogP contribution in [0.4, 0.5) is 0 Å². The Kier molecular flexibility index (Phi) is 5.16. The zero-order valence-corrected chi connectivity index (χ0v) is 15.0. The summed E-state index contributed by atoms with van der Waals surface area (Å²) in [6.07, 6.45) is 0. The molecule has 1 saturated heterocycles. The van der Waals surface area contributed by atoms with Gasteiger partial charge in [0.15, 0.2) is 11.5 Å². The van der Waals surface area contributed by atoms with Gasteiger partial charge in [0.25, 0.3) is 5.91 Å². The van der Waals surface area contributed by atoms with Crippen molar-refractivity contribution in [2.75, 3.05) is 46.3 Å². The fourth-order valence-corrected chi connectivity index (χ4v) is 4.01. The van der Waals surface area contributed by atoms with Crippen LogP contribution in [0.2, 0.25) is 0 Å². The molecule has 1 aromatic carbocycles. The van der Waals surface area contributed by atoms with Crippen LogP contribution in [0.5, 0.6) is 11.5 Å². The van der Waals surface area contributed by atoms with E-state index in [-0.39, 0.29) is 30.2 Å². The Hall–Kier alpha value is -1.84. The molecule has 3 rings (SSSR count). The summed E-state index contributed by atoms with van der Waals surface area (Å²) in [6.45, 7) is 1.41. The van der Waals surface area contributed by atoms with Crippen LogP contribution >= 0.6 is 0 Å². The first kappa shape index (κ1) is 18.0. The molecule has 2 atom stereocenters. The Labute approximate surface area is 147 Å². The van der Waals surface area contributed by atoms with Gasteiger partial charge in [-0.25, -0.2) is 12.7 Å². The van der Waals surface area contributed by atoms with Gasteiger partial charge < -0.3 is 19.5 Å². The number of nitrogens with one attached hydrogen (secondary N) is 1. The Bertz CT molecular complexity index is 749. The highest BCUT2D eigenvalue weighted by molar-refractivity contribution is 7.89. The number of hydrogen-bond acceptors (Lipinski definition) is 6. The molecule has 0 spiro atoms. The van der Waals surface area contributed by atoms with Crippen LogP contribution in [-0.2, 0) is 14.8 Å². The molecule has 0 radical (unpaired) electrons. The van der Waals surface area contributed by atoms with E-state index in [1.807, 2.05) is 0 Å². The monoisotopic (exact) mass is 370 g/mol. The van der Waals surface area contributed by atoms with E-state index < -0.39 is 10.0 Å². The van der Waals surface area contributed by atoms with Gasteiger partial charge in [0.1, 0.15) is 13.2 Å². The molecule has 2 aliphatic heterocycles. The van der Waals surface area contributed by atoms with E-state index in [0.29, 0.717) is 36.9 Å². The lowest BCUT2D eigenvalue weighted by atomic mass is 10.1. The van der Waals surface area contributed by atoms with E-state index in [0.717, 1.165) is 0 Å². The van der Waals surface area contributed by atoms with Gasteiger partial charge in [-0.05, 0) is 12.1 Å². The van der Waals surface area contributed by atoms with Gasteiger partial charge in [-0.3, -0.25) is 4.79 Å². The molecule has 1 aromatic rings. The zero-order valence-electron chi connectivity index (χ0n) is 14.2. The van der Waals surface area contributed by atoms with Gasteiger partial charge in [-0.2, -0.15) is 0 Å². The Morgan fingerprint density at radius 3 is 2.76 bits per heavy atom. The first-order valence-electron chi connectivity index (χ1n) is 8.06. The van der Waals surface area contributed by atoms with E-state index in [2.05, 4.69) is 5.32 Å². The van der Waals surface area contributed by atoms with Crippen LogP contribution in [0.25, 0.3) is 0 Å². The maximum atomic E-state index is 12.7. The third-order valence-corrected chi connectivity index (χ3v) is 6.27. The number of para-hydroxylation sites is 1. The Morgan fingerprint density at radius 2 is 2.00 bits per heavy atom.